The number of carbonyl (C=O) groups excluding carboxylic acids is 2. The van der Waals surface area contributed by atoms with Crippen LogP contribution in [0.15, 0.2) is 0 Å². The monoisotopic (exact) mass is 196 g/mol. The summed E-state index contributed by atoms with van der Waals surface area (Å²) >= 11 is 0. The molecule has 0 saturated heterocycles. The van der Waals surface area contributed by atoms with Gasteiger partial charge in [0.15, 0.2) is 0 Å². The summed E-state index contributed by atoms with van der Waals surface area (Å²) < 4.78 is 4.93. The van der Waals surface area contributed by atoms with E-state index < -0.39 is 5.92 Å². The number of fused-ring (bicyclic) bond motifs is 1. The molecule has 3 atom stereocenters. The molecule has 0 N–H and O–H groups in total. The predicted octanol–water partition coefficient (Wildman–Crippen LogP) is 1.41. The third kappa shape index (κ3) is 1.11. The van der Waals surface area contributed by atoms with E-state index in [9.17, 15) is 9.59 Å². The van der Waals surface area contributed by atoms with Crippen LogP contribution in [0.5, 0.6) is 0 Å². The van der Waals surface area contributed by atoms with Crippen LogP contribution < -0.4 is 0 Å². The lowest BCUT2D eigenvalue weighted by atomic mass is 9.92. The van der Waals surface area contributed by atoms with Crippen molar-refractivity contribution in [3.63, 3.8) is 0 Å². The predicted molar refractivity (Wildman–Crippen MR) is 50.5 cm³/mol. The highest BCUT2D eigenvalue weighted by molar-refractivity contribution is 6.02. The van der Waals surface area contributed by atoms with Gasteiger partial charge in [-0.2, -0.15) is 0 Å². The Morgan fingerprint density at radius 2 is 2.21 bits per heavy atom. The van der Waals surface area contributed by atoms with E-state index in [-0.39, 0.29) is 23.1 Å². The van der Waals surface area contributed by atoms with Crippen LogP contribution in [0.2, 0.25) is 0 Å². The van der Waals surface area contributed by atoms with E-state index in [1.807, 2.05) is 0 Å². The topological polar surface area (TPSA) is 43.4 Å². The Bertz CT molecular complexity index is 293. The first-order chi connectivity index (χ1) is 6.50. The van der Waals surface area contributed by atoms with Crippen molar-refractivity contribution >= 4 is 11.8 Å². The van der Waals surface area contributed by atoms with Crippen LogP contribution in [0.1, 0.15) is 27.2 Å². The fourth-order valence-corrected chi connectivity index (χ4v) is 2.89. The molecule has 0 aromatic carbocycles. The van der Waals surface area contributed by atoms with Gasteiger partial charge in [-0.05, 0) is 24.2 Å². The highest BCUT2D eigenvalue weighted by atomic mass is 16.5. The van der Waals surface area contributed by atoms with Gasteiger partial charge in [-0.1, -0.05) is 13.8 Å². The lowest BCUT2D eigenvalue weighted by Crippen LogP contribution is -2.27. The molecular formula is C11H16O3. The van der Waals surface area contributed by atoms with E-state index in [2.05, 4.69) is 13.8 Å². The van der Waals surface area contributed by atoms with Crippen molar-refractivity contribution < 1.29 is 14.3 Å². The number of Topliss-reactive ketones (excluding diaryl/α,β-unsaturated/α-hetero) is 1. The first-order valence-electron chi connectivity index (χ1n) is 5.19. The van der Waals surface area contributed by atoms with Crippen LogP contribution in [0.25, 0.3) is 0 Å². The van der Waals surface area contributed by atoms with Crippen LogP contribution in [0.3, 0.4) is 0 Å². The van der Waals surface area contributed by atoms with Gasteiger partial charge in [0.25, 0.3) is 0 Å². The second-order valence-electron chi connectivity index (χ2n) is 4.85. The fraction of sp³-hybridized carbons (Fsp3) is 0.818. The molecule has 3 nitrogen and oxygen atoms in total. The van der Waals surface area contributed by atoms with E-state index in [0.717, 1.165) is 0 Å². The van der Waals surface area contributed by atoms with E-state index in [1.54, 1.807) is 6.92 Å². The van der Waals surface area contributed by atoms with E-state index in [0.29, 0.717) is 18.9 Å². The van der Waals surface area contributed by atoms with Crippen LogP contribution in [-0.4, -0.2) is 18.4 Å². The molecule has 2 aliphatic carbocycles. The van der Waals surface area contributed by atoms with Crippen LogP contribution >= 0.6 is 0 Å². The van der Waals surface area contributed by atoms with Crippen molar-refractivity contribution in [2.45, 2.75) is 27.2 Å². The quantitative estimate of drug-likeness (QED) is 0.495. The molecule has 2 fully saturated rings. The standard InChI is InChI=1S/C11H16O3/c1-4-14-10(13)8-7(12)5-6-9(8)11(6,2)3/h6,8-9H,4-5H2,1-3H3/t6-,8+,9-/m0/s1. The van der Waals surface area contributed by atoms with Gasteiger partial charge in [-0.25, -0.2) is 0 Å². The van der Waals surface area contributed by atoms with Crippen LogP contribution in [-0.2, 0) is 14.3 Å². The first-order valence-corrected chi connectivity index (χ1v) is 5.19. The van der Waals surface area contributed by atoms with Gasteiger partial charge in [-0.3, -0.25) is 9.59 Å². The van der Waals surface area contributed by atoms with E-state index in [1.165, 1.54) is 0 Å². The van der Waals surface area contributed by atoms with Crippen molar-refractivity contribution in [2.24, 2.45) is 23.2 Å². The second kappa shape index (κ2) is 2.81. The largest absolute Gasteiger partial charge is 0.465 e. The van der Waals surface area contributed by atoms with Crippen molar-refractivity contribution in [1.29, 1.82) is 0 Å². The summed E-state index contributed by atoms with van der Waals surface area (Å²) in [6.45, 7) is 6.38. The molecule has 2 rings (SSSR count). The second-order valence-corrected chi connectivity index (χ2v) is 4.85. The smallest absolute Gasteiger partial charge is 0.316 e. The lowest BCUT2D eigenvalue weighted by molar-refractivity contribution is -0.152. The average Bonchev–Trinajstić information content (AvgIpc) is 2.48. The third-order valence-corrected chi connectivity index (χ3v) is 3.81. The Hall–Kier alpha value is -0.860. The summed E-state index contributed by atoms with van der Waals surface area (Å²) in [7, 11) is 0. The maximum absolute atomic E-state index is 11.5. The molecule has 2 saturated carbocycles. The highest BCUT2D eigenvalue weighted by Crippen LogP contribution is 2.67. The summed E-state index contributed by atoms with van der Waals surface area (Å²) in [5, 5.41) is 0. The molecule has 14 heavy (non-hydrogen) atoms. The van der Waals surface area contributed by atoms with E-state index >= 15 is 0 Å². The summed E-state index contributed by atoms with van der Waals surface area (Å²) in [4.78, 5) is 23.1. The number of hydrogen-bond donors (Lipinski definition) is 0. The minimum atomic E-state index is -0.463. The number of carbonyl (C=O) groups is 2. The zero-order valence-corrected chi connectivity index (χ0v) is 8.87. The van der Waals surface area contributed by atoms with Gasteiger partial charge >= 0.3 is 5.97 Å². The molecule has 2 aliphatic rings. The van der Waals surface area contributed by atoms with Gasteiger partial charge in [0, 0.05) is 6.42 Å². The minimum absolute atomic E-state index is 0.0813. The summed E-state index contributed by atoms with van der Waals surface area (Å²) in [5.41, 5.74) is 0.172. The molecule has 0 aliphatic heterocycles. The number of ketones is 1. The fourth-order valence-electron chi connectivity index (χ4n) is 2.89. The van der Waals surface area contributed by atoms with Gasteiger partial charge in [-0.15, -0.1) is 0 Å². The first kappa shape index (κ1) is 9.69. The Balaban J connectivity index is 2.11. The highest BCUT2D eigenvalue weighted by Gasteiger charge is 2.69. The molecule has 0 heterocycles. The minimum Gasteiger partial charge on any atom is -0.465 e. The maximum Gasteiger partial charge on any atom is 0.316 e. The zero-order chi connectivity index (χ0) is 10.5. The Kier molecular flexibility index (Phi) is 1.95. The molecule has 0 amide bonds. The van der Waals surface area contributed by atoms with Crippen LogP contribution in [0, 0.1) is 23.2 Å². The van der Waals surface area contributed by atoms with Gasteiger partial charge in [0.2, 0.25) is 0 Å². The number of ether oxygens (including phenoxy) is 1. The summed E-state index contributed by atoms with van der Waals surface area (Å²) in [6, 6.07) is 0. The normalized spacial score (nSPS) is 37.9. The summed E-state index contributed by atoms with van der Waals surface area (Å²) in [5.74, 6) is -0.0262. The van der Waals surface area contributed by atoms with Gasteiger partial charge in [0.05, 0.1) is 6.61 Å². The SMILES string of the molecule is CCOC(=O)[C@@H]1C(=O)C[C@H]2[C@@H]1C2(C)C. The molecule has 0 bridgehead atoms. The van der Waals surface area contributed by atoms with Gasteiger partial charge in [0.1, 0.15) is 11.7 Å². The molecule has 0 unspecified atom stereocenters. The third-order valence-electron chi connectivity index (χ3n) is 3.81. The maximum atomic E-state index is 11.5. The number of hydrogen-bond acceptors (Lipinski definition) is 3. The molecule has 0 radical (unpaired) electrons. The number of esters is 1. The molecule has 3 heteroatoms. The number of rotatable bonds is 2. The van der Waals surface area contributed by atoms with Crippen LogP contribution in [0.4, 0.5) is 0 Å². The van der Waals surface area contributed by atoms with E-state index in [4.69, 9.17) is 4.74 Å². The summed E-state index contributed by atoms with van der Waals surface area (Å²) in [6.07, 6.45) is 0.571. The zero-order valence-electron chi connectivity index (χ0n) is 8.87. The average molecular weight is 196 g/mol. The van der Waals surface area contributed by atoms with Crippen molar-refractivity contribution in [3.8, 4) is 0 Å². The molecular weight excluding hydrogens is 180 g/mol. The Morgan fingerprint density at radius 3 is 2.71 bits per heavy atom. The van der Waals surface area contributed by atoms with Crippen molar-refractivity contribution in [2.75, 3.05) is 6.61 Å². The molecule has 0 aromatic heterocycles. The van der Waals surface area contributed by atoms with Gasteiger partial charge < -0.3 is 4.74 Å². The Morgan fingerprint density at radius 1 is 1.57 bits per heavy atom. The lowest BCUT2D eigenvalue weighted by Gasteiger charge is -2.14. The molecule has 78 valence electrons. The van der Waals surface area contributed by atoms with Crippen molar-refractivity contribution in [3.05, 3.63) is 0 Å². The van der Waals surface area contributed by atoms with Crippen molar-refractivity contribution in [1.82, 2.24) is 0 Å². The molecule has 0 spiro atoms. The molecule has 0 aromatic rings. The Labute approximate surface area is 83.8 Å².